The first-order valence-corrected chi connectivity index (χ1v) is 6.59. The highest BCUT2D eigenvalue weighted by Crippen LogP contribution is 2.09. The van der Waals surface area contributed by atoms with Gasteiger partial charge in [0.25, 0.3) is 0 Å². The number of pyridine rings is 1. The number of nitrogens with two attached hydrogens (primary N) is 1. The van der Waals surface area contributed by atoms with Gasteiger partial charge >= 0.3 is 0 Å². The van der Waals surface area contributed by atoms with Crippen molar-refractivity contribution in [3.05, 3.63) is 55.0 Å². The predicted molar refractivity (Wildman–Crippen MR) is 80.1 cm³/mol. The fourth-order valence-corrected chi connectivity index (χ4v) is 1.81. The second-order valence-electron chi connectivity index (χ2n) is 4.35. The van der Waals surface area contributed by atoms with E-state index in [1.165, 1.54) is 5.39 Å². The van der Waals surface area contributed by atoms with E-state index in [1.807, 2.05) is 61.7 Å². The van der Waals surface area contributed by atoms with Crippen LogP contribution in [0.1, 0.15) is 6.92 Å². The van der Waals surface area contributed by atoms with Gasteiger partial charge in [0.05, 0.1) is 12.1 Å². The van der Waals surface area contributed by atoms with E-state index >= 15 is 0 Å². The standard InChI is InChI=1S/C9H7N.C6H13N3O/c1-2-6-9-8(4-1)5-3-7-10-9;1-3-10-9-5-4-8(2)6(9)7/h1-7H;4-6H,3,7H2,1-2H3. The van der Waals surface area contributed by atoms with Crippen LogP contribution >= 0.6 is 0 Å². The van der Waals surface area contributed by atoms with Gasteiger partial charge in [-0.25, -0.2) is 5.06 Å². The molecule has 2 N–H and O–H groups in total. The van der Waals surface area contributed by atoms with Crippen LogP contribution in [0.4, 0.5) is 0 Å². The van der Waals surface area contributed by atoms with Crippen LogP contribution in [-0.2, 0) is 4.84 Å². The number of hydrogen-bond donors (Lipinski definition) is 1. The van der Waals surface area contributed by atoms with E-state index in [0.29, 0.717) is 6.61 Å². The van der Waals surface area contributed by atoms with Gasteiger partial charge in [0.2, 0.25) is 0 Å². The Balaban J connectivity index is 0.000000147. The molecule has 106 valence electrons. The molecule has 2 aromatic rings. The molecule has 2 heterocycles. The van der Waals surface area contributed by atoms with Crippen molar-refractivity contribution in [2.75, 3.05) is 13.7 Å². The Bertz CT molecular complexity index is 507. The van der Waals surface area contributed by atoms with Crippen molar-refractivity contribution >= 4 is 10.9 Å². The normalized spacial score (nSPS) is 17.2. The van der Waals surface area contributed by atoms with Crippen molar-refractivity contribution in [1.82, 2.24) is 14.9 Å². The number of hydroxylamine groups is 2. The van der Waals surface area contributed by atoms with Gasteiger partial charge in [-0.2, -0.15) is 0 Å². The fraction of sp³-hybridized carbons (Fsp3) is 0.267. The summed E-state index contributed by atoms with van der Waals surface area (Å²) in [5.41, 5.74) is 6.73. The maximum Gasteiger partial charge on any atom is 0.178 e. The lowest BCUT2D eigenvalue weighted by Gasteiger charge is -2.24. The third-order valence-corrected chi connectivity index (χ3v) is 2.92. The van der Waals surface area contributed by atoms with E-state index in [9.17, 15) is 0 Å². The largest absolute Gasteiger partial charge is 0.345 e. The minimum absolute atomic E-state index is 0.167. The van der Waals surface area contributed by atoms with Crippen molar-refractivity contribution < 1.29 is 4.84 Å². The average Bonchev–Trinajstić information content (AvgIpc) is 2.81. The van der Waals surface area contributed by atoms with Crippen LogP contribution in [0.25, 0.3) is 10.9 Å². The fourth-order valence-electron chi connectivity index (χ4n) is 1.81. The molecule has 3 rings (SSSR count). The van der Waals surface area contributed by atoms with E-state index in [1.54, 1.807) is 5.06 Å². The molecule has 1 aliphatic rings. The summed E-state index contributed by atoms with van der Waals surface area (Å²) >= 11 is 0. The third-order valence-electron chi connectivity index (χ3n) is 2.92. The Morgan fingerprint density at radius 3 is 2.60 bits per heavy atom. The lowest BCUT2D eigenvalue weighted by atomic mass is 10.2. The number of rotatable bonds is 2. The highest BCUT2D eigenvalue weighted by molar-refractivity contribution is 5.77. The summed E-state index contributed by atoms with van der Waals surface area (Å²) in [6.45, 7) is 2.57. The lowest BCUT2D eigenvalue weighted by molar-refractivity contribution is -0.155. The number of hydrogen-bond acceptors (Lipinski definition) is 5. The van der Waals surface area contributed by atoms with Crippen molar-refractivity contribution in [3.8, 4) is 0 Å². The first kappa shape index (κ1) is 14.3. The quantitative estimate of drug-likeness (QED) is 0.907. The molecular formula is C15H20N4O. The molecule has 0 radical (unpaired) electrons. The SMILES string of the molecule is CCON1C=CN(C)C1N.c1ccc2ncccc2c1. The van der Waals surface area contributed by atoms with Crippen LogP contribution in [0, 0.1) is 0 Å². The van der Waals surface area contributed by atoms with Gasteiger partial charge in [-0.1, -0.05) is 24.3 Å². The minimum Gasteiger partial charge on any atom is -0.345 e. The summed E-state index contributed by atoms with van der Waals surface area (Å²) in [6, 6.07) is 12.1. The summed E-state index contributed by atoms with van der Waals surface area (Å²) in [5, 5.41) is 2.82. The molecule has 0 spiro atoms. The zero-order valence-electron chi connectivity index (χ0n) is 11.8. The molecule has 0 bridgehead atoms. The maximum atomic E-state index is 5.67. The second kappa shape index (κ2) is 6.88. The first-order valence-electron chi connectivity index (χ1n) is 6.59. The smallest absolute Gasteiger partial charge is 0.178 e. The summed E-state index contributed by atoms with van der Waals surface area (Å²) in [7, 11) is 1.90. The van der Waals surface area contributed by atoms with Crippen LogP contribution in [0.15, 0.2) is 55.0 Å². The van der Waals surface area contributed by atoms with Crippen LogP contribution in [0.3, 0.4) is 0 Å². The van der Waals surface area contributed by atoms with Gasteiger partial charge in [-0.05, 0) is 19.1 Å². The van der Waals surface area contributed by atoms with Crippen molar-refractivity contribution in [2.24, 2.45) is 5.73 Å². The number of fused-ring (bicyclic) bond motifs is 1. The van der Waals surface area contributed by atoms with Crippen LogP contribution in [0.2, 0.25) is 0 Å². The summed E-state index contributed by atoms with van der Waals surface area (Å²) in [5.74, 6) is 0. The molecule has 5 heteroatoms. The number of benzene rings is 1. The summed E-state index contributed by atoms with van der Waals surface area (Å²) < 4.78 is 0. The van der Waals surface area contributed by atoms with E-state index in [2.05, 4.69) is 17.1 Å². The Morgan fingerprint density at radius 2 is 1.95 bits per heavy atom. The van der Waals surface area contributed by atoms with Gasteiger partial charge in [0, 0.05) is 31.0 Å². The molecule has 0 amide bonds. The van der Waals surface area contributed by atoms with Crippen molar-refractivity contribution in [3.63, 3.8) is 0 Å². The van der Waals surface area contributed by atoms with Crippen molar-refractivity contribution in [2.45, 2.75) is 13.2 Å². The van der Waals surface area contributed by atoms with E-state index in [-0.39, 0.29) is 6.29 Å². The molecule has 1 aliphatic heterocycles. The average molecular weight is 272 g/mol. The zero-order valence-corrected chi connectivity index (χ0v) is 11.8. The third kappa shape index (κ3) is 3.46. The molecule has 5 nitrogen and oxygen atoms in total. The lowest BCUT2D eigenvalue weighted by Crippen LogP contribution is -2.43. The van der Waals surface area contributed by atoms with Crippen LogP contribution in [-0.4, -0.2) is 34.9 Å². The van der Waals surface area contributed by atoms with E-state index < -0.39 is 0 Å². The Morgan fingerprint density at radius 1 is 1.20 bits per heavy atom. The Labute approximate surface area is 119 Å². The molecule has 0 saturated carbocycles. The Kier molecular flexibility index (Phi) is 4.92. The number of nitrogens with zero attached hydrogens (tertiary/aromatic N) is 3. The predicted octanol–water partition coefficient (Wildman–Crippen LogP) is 2.13. The number of para-hydroxylation sites is 1. The Hall–Kier alpha value is -2.11. The second-order valence-corrected chi connectivity index (χ2v) is 4.35. The van der Waals surface area contributed by atoms with Gasteiger partial charge in [0.1, 0.15) is 0 Å². The topological polar surface area (TPSA) is 54.6 Å². The zero-order chi connectivity index (χ0) is 14.4. The minimum atomic E-state index is -0.167. The molecule has 0 saturated heterocycles. The molecule has 20 heavy (non-hydrogen) atoms. The van der Waals surface area contributed by atoms with Crippen molar-refractivity contribution in [1.29, 1.82) is 0 Å². The molecule has 1 atom stereocenters. The van der Waals surface area contributed by atoms with Gasteiger partial charge in [0.15, 0.2) is 6.29 Å². The molecule has 0 aliphatic carbocycles. The van der Waals surface area contributed by atoms with Crippen LogP contribution in [0.5, 0.6) is 0 Å². The van der Waals surface area contributed by atoms with E-state index in [4.69, 9.17) is 10.6 Å². The number of aromatic nitrogens is 1. The molecular weight excluding hydrogens is 252 g/mol. The van der Waals surface area contributed by atoms with E-state index in [0.717, 1.165) is 5.52 Å². The first-order chi connectivity index (χ1) is 9.72. The van der Waals surface area contributed by atoms with Gasteiger partial charge in [-0.15, -0.1) is 0 Å². The highest BCUT2D eigenvalue weighted by Gasteiger charge is 2.18. The molecule has 0 fully saturated rings. The molecule has 1 unspecified atom stereocenters. The maximum absolute atomic E-state index is 5.67. The summed E-state index contributed by atoms with van der Waals surface area (Å²) in [6.07, 6.45) is 5.33. The molecule has 1 aromatic heterocycles. The van der Waals surface area contributed by atoms with Gasteiger partial charge < -0.3 is 4.90 Å². The highest BCUT2D eigenvalue weighted by atomic mass is 16.7. The molecule has 1 aromatic carbocycles. The van der Waals surface area contributed by atoms with Gasteiger partial charge in [-0.3, -0.25) is 15.6 Å². The van der Waals surface area contributed by atoms with Crippen LogP contribution < -0.4 is 5.73 Å². The monoisotopic (exact) mass is 272 g/mol. The summed E-state index contributed by atoms with van der Waals surface area (Å²) in [4.78, 5) is 11.2.